The minimum atomic E-state index is -4.26. The Morgan fingerprint density at radius 1 is 0.879 bits per heavy atom. The summed E-state index contributed by atoms with van der Waals surface area (Å²) in [6.07, 6.45) is 1.97. The largest absolute Gasteiger partial charge is 0.367 e. The van der Waals surface area contributed by atoms with E-state index in [0.717, 1.165) is 41.4 Å². The number of anilines is 2. The highest BCUT2D eigenvalue weighted by molar-refractivity contribution is 7.89. The molecule has 0 spiro atoms. The molecule has 2 aliphatic heterocycles. The quantitative estimate of drug-likeness (QED) is 0.653. The summed E-state index contributed by atoms with van der Waals surface area (Å²) >= 11 is 0. The number of carbonyl (C=O) groups excluding carboxylic acids is 1. The van der Waals surface area contributed by atoms with E-state index in [4.69, 9.17) is 0 Å². The second kappa shape index (κ2) is 9.30. The van der Waals surface area contributed by atoms with Crippen molar-refractivity contribution >= 4 is 27.3 Å². The summed E-state index contributed by atoms with van der Waals surface area (Å²) in [5.74, 6) is -4.54. The molecular weight excluding hydrogens is 462 g/mol. The predicted octanol–water partition coefficient (Wildman–Crippen LogP) is 3.88. The molecule has 11 heteroatoms. The van der Waals surface area contributed by atoms with Crippen molar-refractivity contribution < 1.29 is 30.8 Å². The molecular formula is C22H23F4N3O3S. The van der Waals surface area contributed by atoms with Crippen LogP contribution in [0.25, 0.3) is 0 Å². The minimum absolute atomic E-state index is 0.0187. The topological polar surface area (TPSA) is 69.7 Å². The smallest absolute Gasteiger partial charge is 0.246 e. The van der Waals surface area contributed by atoms with E-state index in [0.29, 0.717) is 19.2 Å². The summed E-state index contributed by atoms with van der Waals surface area (Å²) in [5, 5.41) is 2.50. The van der Waals surface area contributed by atoms with Crippen molar-refractivity contribution in [3.63, 3.8) is 0 Å². The number of piperidine rings is 1. The number of carbonyl (C=O) groups is 1. The summed E-state index contributed by atoms with van der Waals surface area (Å²) in [7, 11) is -4.26. The maximum atomic E-state index is 14.5. The van der Waals surface area contributed by atoms with Crippen molar-refractivity contribution in [1.29, 1.82) is 0 Å². The van der Waals surface area contributed by atoms with Crippen LogP contribution in [0.5, 0.6) is 0 Å². The van der Waals surface area contributed by atoms with Gasteiger partial charge in [0.05, 0.1) is 0 Å². The van der Waals surface area contributed by atoms with E-state index < -0.39 is 50.0 Å². The number of benzene rings is 2. The van der Waals surface area contributed by atoms with Crippen LogP contribution in [-0.4, -0.2) is 44.8 Å². The van der Waals surface area contributed by atoms with Gasteiger partial charge in [-0.05, 0) is 56.0 Å². The third-order valence-corrected chi connectivity index (χ3v) is 7.96. The van der Waals surface area contributed by atoms with Gasteiger partial charge in [-0.15, -0.1) is 0 Å². The first-order valence-corrected chi connectivity index (χ1v) is 12.1. The standard InChI is InChI=1S/C22H23F4N3O3S/c23-15-3-4-17(24)20(11-15)33(31,32)29-9-5-14(6-10-29)22(30)27-16-12-18(25)21(19(26)13-16)28-7-1-2-8-28/h3-4,11-14H,1-2,5-10H2,(H,27,30). The summed E-state index contributed by atoms with van der Waals surface area (Å²) in [6.45, 7) is 0.987. The molecule has 33 heavy (non-hydrogen) atoms. The molecule has 0 saturated carbocycles. The highest BCUT2D eigenvalue weighted by Crippen LogP contribution is 2.31. The second-order valence-corrected chi connectivity index (χ2v) is 10.1. The highest BCUT2D eigenvalue weighted by atomic mass is 32.2. The maximum absolute atomic E-state index is 14.5. The summed E-state index contributed by atoms with van der Waals surface area (Å²) < 4.78 is 82.7. The fourth-order valence-electron chi connectivity index (χ4n) is 4.30. The first kappa shape index (κ1) is 23.5. The lowest BCUT2D eigenvalue weighted by atomic mass is 9.97. The minimum Gasteiger partial charge on any atom is -0.367 e. The molecule has 2 heterocycles. The number of amides is 1. The number of nitrogens with one attached hydrogen (secondary N) is 1. The molecule has 0 atom stereocenters. The van der Waals surface area contributed by atoms with Gasteiger partial charge in [-0.2, -0.15) is 4.31 Å². The Labute approximate surface area is 189 Å². The van der Waals surface area contributed by atoms with E-state index in [1.165, 1.54) is 0 Å². The molecule has 1 N–H and O–H groups in total. The van der Waals surface area contributed by atoms with Crippen LogP contribution in [-0.2, 0) is 14.8 Å². The molecule has 2 aromatic carbocycles. The van der Waals surface area contributed by atoms with E-state index in [1.807, 2.05) is 0 Å². The van der Waals surface area contributed by atoms with Gasteiger partial charge in [-0.25, -0.2) is 26.0 Å². The lowest BCUT2D eigenvalue weighted by Gasteiger charge is -2.30. The van der Waals surface area contributed by atoms with Crippen LogP contribution in [0.4, 0.5) is 28.9 Å². The highest BCUT2D eigenvalue weighted by Gasteiger charge is 2.34. The molecule has 0 unspecified atom stereocenters. The fourth-order valence-corrected chi connectivity index (χ4v) is 5.84. The van der Waals surface area contributed by atoms with Gasteiger partial charge in [0, 0.05) is 37.8 Å². The van der Waals surface area contributed by atoms with E-state index in [2.05, 4.69) is 5.32 Å². The third kappa shape index (κ3) is 4.84. The van der Waals surface area contributed by atoms with Crippen molar-refractivity contribution in [3.8, 4) is 0 Å². The molecule has 2 aromatic rings. The lowest BCUT2D eigenvalue weighted by Crippen LogP contribution is -2.41. The maximum Gasteiger partial charge on any atom is 0.246 e. The Kier molecular flexibility index (Phi) is 6.62. The normalized spacial score (nSPS) is 18.0. The summed E-state index contributed by atoms with van der Waals surface area (Å²) in [5.41, 5.74) is -0.122. The zero-order valence-electron chi connectivity index (χ0n) is 17.7. The van der Waals surface area contributed by atoms with Gasteiger partial charge in [0.1, 0.15) is 22.2 Å². The van der Waals surface area contributed by atoms with E-state index in [-0.39, 0.29) is 37.3 Å². The van der Waals surface area contributed by atoms with Gasteiger partial charge in [0.15, 0.2) is 11.6 Å². The first-order valence-electron chi connectivity index (χ1n) is 10.7. The fraction of sp³-hybridized carbons (Fsp3) is 0.409. The molecule has 2 aliphatic rings. The van der Waals surface area contributed by atoms with Crippen molar-refractivity contribution in [2.75, 3.05) is 36.4 Å². The average molecular weight is 486 g/mol. The predicted molar refractivity (Wildman–Crippen MR) is 114 cm³/mol. The molecule has 178 valence electrons. The van der Waals surface area contributed by atoms with Crippen LogP contribution >= 0.6 is 0 Å². The Morgan fingerprint density at radius 2 is 1.48 bits per heavy atom. The molecule has 1 amide bonds. The van der Waals surface area contributed by atoms with E-state index in [9.17, 15) is 30.8 Å². The van der Waals surface area contributed by atoms with E-state index >= 15 is 0 Å². The number of hydrogen-bond acceptors (Lipinski definition) is 4. The Bertz CT molecular complexity index is 1140. The SMILES string of the molecule is O=C(Nc1cc(F)c(N2CCCC2)c(F)c1)C1CCN(S(=O)(=O)c2cc(F)ccc2F)CC1. The van der Waals surface area contributed by atoms with Crippen LogP contribution in [0, 0.1) is 29.2 Å². The number of hydrogen-bond donors (Lipinski definition) is 1. The zero-order chi connectivity index (χ0) is 23.8. The zero-order valence-corrected chi connectivity index (χ0v) is 18.5. The van der Waals surface area contributed by atoms with Gasteiger partial charge in [0.2, 0.25) is 15.9 Å². The molecule has 0 bridgehead atoms. The number of sulfonamides is 1. The van der Waals surface area contributed by atoms with Crippen LogP contribution in [0.3, 0.4) is 0 Å². The van der Waals surface area contributed by atoms with Gasteiger partial charge >= 0.3 is 0 Å². The van der Waals surface area contributed by atoms with Crippen LogP contribution < -0.4 is 10.2 Å². The van der Waals surface area contributed by atoms with Crippen molar-refractivity contribution in [2.45, 2.75) is 30.6 Å². The monoisotopic (exact) mass is 485 g/mol. The third-order valence-electron chi connectivity index (χ3n) is 6.04. The molecule has 0 aliphatic carbocycles. The molecule has 0 aromatic heterocycles. The van der Waals surface area contributed by atoms with E-state index in [1.54, 1.807) is 4.90 Å². The Hall–Kier alpha value is -2.66. The number of rotatable bonds is 5. The lowest BCUT2D eigenvalue weighted by molar-refractivity contribution is -0.120. The van der Waals surface area contributed by atoms with Gasteiger partial charge < -0.3 is 10.2 Å². The van der Waals surface area contributed by atoms with Gasteiger partial charge in [-0.3, -0.25) is 4.79 Å². The average Bonchev–Trinajstić information content (AvgIpc) is 3.29. The van der Waals surface area contributed by atoms with Gasteiger partial charge in [-0.1, -0.05) is 0 Å². The number of halogens is 4. The Morgan fingerprint density at radius 3 is 2.09 bits per heavy atom. The number of nitrogens with zero attached hydrogens (tertiary/aromatic N) is 2. The second-order valence-electron chi connectivity index (χ2n) is 8.23. The molecule has 6 nitrogen and oxygen atoms in total. The van der Waals surface area contributed by atoms with Crippen LogP contribution in [0.1, 0.15) is 25.7 Å². The van der Waals surface area contributed by atoms with Gasteiger partial charge in [0.25, 0.3) is 0 Å². The molecule has 2 fully saturated rings. The van der Waals surface area contributed by atoms with Crippen molar-refractivity contribution in [1.82, 2.24) is 4.31 Å². The van der Waals surface area contributed by atoms with Crippen molar-refractivity contribution in [3.05, 3.63) is 53.6 Å². The van der Waals surface area contributed by atoms with Crippen LogP contribution in [0.15, 0.2) is 35.2 Å². The first-order chi connectivity index (χ1) is 15.7. The summed E-state index contributed by atoms with van der Waals surface area (Å²) in [4.78, 5) is 13.5. The van der Waals surface area contributed by atoms with Crippen LogP contribution in [0.2, 0.25) is 0 Å². The Balaban J connectivity index is 1.40. The summed E-state index contributed by atoms with van der Waals surface area (Å²) in [6, 6.07) is 4.34. The molecule has 4 rings (SSSR count). The molecule has 2 saturated heterocycles. The molecule has 0 radical (unpaired) electrons. The van der Waals surface area contributed by atoms with Crippen molar-refractivity contribution in [2.24, 2.45) is 5.92 Å².